The molecular weight excluding hydrogens is 348 g/mol. The first-order valence-corrected chi connectivity index (χ1v) is 9.34. The number of allylic oxidation sites excluding steroid dienone is 2. The summed E-state index contributed by atoms with van der Waals surface area (Å²) in [6.45, 7) is 3.59. The lowest BCUT2D eigenvalue weighted by Crippen LogP contribution is -2.42. The molecule has 2 aromatic carbocycles. The lowest BCUT2D eigenvalue weighted by molar-refractivity contribution is -0.118. The Morgan fingerprint density at radius 2 is 1.50 bits per heavy atom. The first-order chi connectivity index (χ1) is 13.5. The van der Waals surface area contributed by atoms with Crippen molar-refractivity contribution in [2.75, 3.05) is 0 Å². The van der Waals surface area contributed by atoms with Crippen LogP contribution in [0.2, 0.25) is 0 Å². The van der Waals surface area contributed by atoms with E-state index in [1.54, 1.807) is 13.8 Å². The maximum absolute atomic E-state index is 13.2. The zero-order valence-corrected chi connectivity index (χ0v) is 16.0. The van der Waals surface area contributed by atoms with Crippen molar-refractivity contribution in [2.45, 2.75) is 32.1 Å². The number of rotatable bonds is 3. The van der Waals surface area contributed by atoms with E-state index < -0.39 is 17.3 Å². The Labute approximate surface area is 165 Å². The smallest absolute Gasteiger partial charge is 0.163 e. The number of hydrogen-bond donors (Lipinski definition) is 1. The van der Waals surface area contributed by atoms with Gasteiger partial charge in [-0.3, -0.25) is 4.79 Å². The summed E-state index contributed by atoms with van der Waals surface area (Å²) >= 11 is 0. The minimum absolute atomic E-state index is 0.0145. The van der Waals surface area contributed by atoms with Gasteiger partial charge in [0, 0.05) is 29.7 Å². The second-order valence-electron chi connectivity index (χ2n) is 7.48. The fraction of sp³-hybridized carbons (Fsp3) is 0.292. The van der Waals surface area contributed by atoms with Crippen molar-refractivity contribution in [1.82, 2.24) is 0 Å². The van der Waals surface area contributed by atoms with Crippen molar-refractivity contribution in [3.63, 3.8) is 0 Å². The van der Waals surface area contributed by atoms with Crippen LogP contribution in [0.1, 0.15) is 43.2 Å². The molecule has 0 aromatic heterocycles. The molecule has 4 heteroatoms. The van der Waals surface area contributed by atoms with Crippen LogP contribution in [0, 0.1) is 34.0 Å². The summed E-state index contributed by atoms with van der Waals surface area (Å²) in [5.74, 6) is -1.94. The predicted octanol–water partition coefficient (Wildman–Crippen LogP) is 5.03. The molecule has 0 amide bonds. The first-order valence-electron chi connectivity index (χ1n) is 9.34. The van der Waals surface area contributed by atoms with E-state index in [-0.39, 0.29) is 29.5 Å². The van der Waals surface area contributed by atoms with Gasteiger partial charge in [0.05, 0.1) is 12.1 Å². The summed E-state index contributed by atoms with van der Waals surface area (Å²) in [6, 6.07) is 22.8. The second kappa shape index (κ2) is 7.71. The Kier molecular flexibility index (Phi) is 5.34. The molecule has 2 atom stereocenters. The molecule has 1 N–H and O–H groups in total. The third kappa shape index (κ3) is 3.08. The van der Waals surface area contributed by atoms with Crippen molar-refractivity contribution in [2.24, 2.45) is 11.3 Å². The zero-order valence-electron chi connectivity index (χ0n) is 16.0. The Bertz CT molecular complexity index is 965. The molecule has 3 rings (SSSR count). The number of ketones is 1. The largest absolute Gasteiger partial charge is 0.512 e. The number of aliphatic hydroxyl groups excluding tert-OH is 1. The van der Waals surface area contributed by atoms with E-state index in [1.807, 2.05) is 60.7 Å². The van der Waals surface area contributed by atoms with Gasteiger partial charge in [-0.25, -0.2) is 0 Å². The van der Waals surface area contributed by atoms with Crippen LogP contribution in [-0.2, 0) is 4.79 Å². The van der Waals surface area contributed by atoms with Crippen LogP contribution in [-0.4, -0.2) is 10.9 Å². The average molecular weight is 370 g/mol. The van der Waals surface area contributed by atoms with Crippen LogP contribution in [0.25, 0.3) is 0 Å². The third-order valence-corrected chi connectivity index (χ3v) is 5.51. The highest BCUT2D eigenvalue weighted by Gasteiger charge is 2.56. The molecule has 0 saturated heterocycles. The molecule has 1 fully saturated rings. The quantitative estimate of drug-likeness (QED) is 0.607. The van der Waals surface area contributed by atoms with Crippen LogP contribution in [0.4, 0.5) is 0 Å². The van der Waals surface area contributed by atoms with Crippen molar-refractivity contribution in [3.8, 4) is 12.1 Å². The summed E-state index contributed by atoms with van der Waals surface area (Å²) in [6.07, 6.45) is 0.0145. The molecule has 140 valence electrons. The predicted molar refractivity (Wildman–Crippen MR) is 106 cm³/mol. The summed E-state index contributed by atoms with van der Waals surface area (Å²) < 4.78 is 0. The molecule has 1 aliphatic carbocycles. The van der Waals surface area contributed by atoms with E-state index in [9.17, 15) is 20.4 Å². The van der Waals surface area contributed by atoms with Gasteiger partial charge in [-0.05, 0) is 11.1 Å². The molecule has 0 unspecified atom stereocenters. The van der Waals surface area contributed by atoms with Gasteiger partial charge in [-0.2, -0.15) is 10.5 Å². The maximum atomic E-state index is 13.2. The standard InChI is InChI=1S/C24H22N2O2/c1-16(2)23(28)21-20(27)13-19(17-9-5-3-6-10-17)24(14-25,15-26)22(21)18-11-7-4-8-12-18/h3-12,16,19,22,28H,13H2,1-2H3/b23-21-/t19-,22+/m1/s1. The Balaban J connectivity index is 2.34. The lowest BCUT2D eigenvalue weighted by Gasteiger charge is -2.42. The highest BCUT2D eigenvalue weighted by atomic mass is 16.3. The third-order valence-electron chi connectivity index (χ3n) is 5.51. The monoisotopic (exact) mass is 370 g/mol. The fourth-order valence-electron chi connectivity index (χ4n) is 4.10. The van der Waals surface area contributed by atoms with E-state index in [0.717, 1.165) is 5.56 Å². The molecular formula is C24H22N2O2. The van der Waals surface area contributed by atoms with Crippen molar-refractivity contribution >= 4 is 5.78 Å². The molecule has 0 heterocycles. The van der Waals surface area contributed by atoms with Crippen LogP contribution in [0.15, 0.2) is 72.0 Å². The summed E-state index contributed by atoms with van der Waals surface area (Å²) in [7, 11) is 0. The van der Waals surface area contributed by atoms with Crippen molar-refractivity contribution < 1.29 is 9.90 Å². The number of Topliss-reactive ketones (excluding diaryl/α,β-unsaturated/α-hetero) is 1. The van der Waals surface area contributed by atoms with Crippen molar-refractivity contribution in [1.29, 1.82) is 10.5 Å². The number of hydrogen-bond acceptors (Lipinski definition) is 4. The van der Waals surface area contributed by atoms with Gasteiger partial charge in [-0.15, -0.1) is 0 Å². The van der Waals surface area contributed by atoms with E-state index >= 15 is 0 Å². The Morgan fingerprint density at radius 1 is 1.00 bits per heavy atom. The number of nitrogens with zero attached hydrogens (tertiary/aromatic N) is 2. The zero-order chi connectivity index (χ0) is 20.3. The van der Waals surface area contributed by atoms with Crippen molar-refractivity contribution in [3.05, 3.63) is 83.1 Å². The fourth-order valence-corrected chi connectivity index (χ4v) is 4.10. The second-order valence-corrected chi connectivity index (χ2v) is 7.48. The average Bonchev–Trinajstić information content (AvgIpc) is 2.73. The van der Waals surface area contributed by atoms with E-state index in [2.05, 4.69) is 12.1 Å². The maximum Gasteiger partial charge on any atom is 0.163 e. The number of carbonyl (C=O) groups excluding carboxylic acids is 1. The van der Waals surface area contributed by atoms with Crippen LogP contribution in [0.3, 0.4) is 0 Å². The molecule has 28 heavy (non-hydrogen) atoms. The summed E-state index contributed by atoms with van der Waals surface area (Å²) in [4.78, 5) is 13.2. The molecule has 0 aliphatic heterocycles. The van der Waals surface area contributed by atoms with Gasteiger partial charge in [0.25, 0.3) is 0 Å². The first kappa shape index (κ1) is 19.4. The van der Waals surface area contributed by atoms with Crippen LogP contribution < -0.4 is 0 Å². The number of benzene rings is 2. The topological polar surface area (TPSA) is 84.9 Å². The van der Waals surface area contributed by atoms with E-state index in [4.69, 9.17) is 0 Å². The van der Waals surface area contributed by atoms with Gasteiger partial charge in [0.2, 0.25) is 0 Å². The molecule has 0 spiro atoms. The van der Waals surface area contributed by atoms with Crippen LogP contribution >= 0.6 is 0 Å². The van der Waals surface area contributed by atoms with E-state index in [1.165, 1.54) is 0 Å². The van der Waals surface area contributed by atoms with Crippen LogP contribution in [0.5, 0.6) is 0 Å². The highest BCUT2D eigenvalue weighted by Crippen LogP contribution is 2.56. The van der Waals surface area contributed by atoms with Gasteiger partial charge in [0.1, 0.15) is 5.76 Å². The molecule has 2 aromatic rings. The Morgan fingerprint density at radius 3 is 1.96 bits per heavy atom. The molecule has 0 radical (unpaired) electrons. The number of nitriles is 2. The minimum Gasteiger partial charge on any atom is -0.512 e. The normalized spacial score (nSPS) is 23.0. The van der Waals surface area contributed by atoms with Gasteiger partial charge >= 0.3 is 0 Å². The molecule has 1 saturated carbocycles. The Hall–Kier alpha value is -3.37. The molecule has 1 aliphatic rings. The van der Waals surface area contributed by atoms with Gasteiger partial charge in [-0.1, -0.05) is 74.5 Å². The van der Waals surface area contributed by atoms with Gasteiger partial charge < -0.3 is 5.11 Å². The molecule has 0 bridgehead atoms. The number of aliphatic hydroxyl groups is 1. The highest BCUT2D eigenvalue weighted by molar-refractivity contribution is 6.00. The number of carbonyl (C=O) groups is 1. The lowest BCUT2D eigenvalue weighted by atomic mass is 9.55. The summed E-state index contributed by atoms with van der Waals surface area (Å²) in [5.41, 5.74) is 0.149. The minimum atomic E-state index is -1.51. The SMILES string of the molecule is CC(C)/C(O)=C1\C(=O)C[C@H](c2ccccc2)C(C#N)(C#N)[C@H]1c1ccccc1. The van der Waals surface area contributed by atoms with Gasteiger partial charge in [0.15, 0.2) is 11.2 Å². The van der Waals surface area contributed by atoms with E-state index in [0.29, 0.717) is 5.56 Å². The summed E-state index contributed by atoms with van der Waals surface area (Å²) in [5, 5.41) is 31.3. The molecule has 4 nitrogen and oxygen atoms in total.